The van der Waals surface area contributed by atoms with Gasteiger partial charge in [-0.3, -0.25) is 9.59 Å². The van der Waals surface area contributed by atoms with Crippen LogP contribution >= 0.6 is 0 Å². The number of benzene rings is 4. The molecular weight excluding hydrogens is 1200 g/mol. The number of imidazole rings is 1. The Labute approximate surface area is 546 Å². The van der Waals surface area contributed by atoms with Gasteiger partial charge in [-0.25, -0.2) is 23.5 Å². The number of carbonyl (C=O) groups excluding carboxylic acids is 3. The number of β-amino-alcohol motifs (C(OH)–C–C–N with tert-alkyl or cyclic N) is 1. The second-order valence-electron chi connectivity index (χ2n) is 26.8. The quantitative estimate of drug-likeness (QED) is 0.0570. The van der Waals surface area contributed by atoms with E-state index in [1.54, 1.807) is 54.6 Å². The largest absolute Gasteiger partial charge is 0.486 e. The number of carbonyl (C=O) groups is 3. The Kier molecular flexibility index (Phi) is 19.1. The molecule has 4 fully saturated rings. The lowest BCUT2D eigenvalue weighted by Crippen LogP contribution is -2.50. The smallest absolute Gasteiger partial charge is 0.410 e. The number of ether oxygens (including phenoxy) is 5. The van der Waals surface area contributed by atoms with Crippen LogP contribution in [0.5, 0.6) is 11.8 Å². The lowest BCUT2D eigenvalue weighted by Gasteiger charge is -2.30. The first kappa shape index (κ1) is 65.5. The molecule has 94 heavy (non-hydrogen) atoms. The van der Waals surface area contributed by atoms with E-state index in [2.05, 4.69) is 31.6 Å². The second-order valence-corrected chi connectivity index (χ2v) is 26.8. The highest BCUT2D eigenvalue weighted by Crippen LogP contribution is 2.54. The van der Waals surface area contributed by atoms with Crippen LogP contribution in [-0.2, 0) is 37.0 Å². The van der Waals surface area contributed by atoms with Gasteiger partial charge in [0.25, 0.3) is 0 Å². The summed E-state index contributed by atoms with van der Waals surface area (Å²) in [4.78, 5) is 62.2. The number of aromatic nitrogens is 9. The number of aliphatic hydroxyl groups is 2. The number of nitrogens with zero attached hydrogens (tertiary/aromatic N) is 12. The maximum absolute atomic E-state index is 17.0. The molecule has 8 aromatic rings. The SMILES string of the molecule is CCn1cncc1-c1ccc([C@H](CO)NC(=O)[C@@H]2C[C@@H](O)CN2C(=O)[C@H](C(C)C)n2cc(-c3ccc(COc4c(-c5c(C)c(F)cc6c5cnn6C5CCCCO5)c(C5CC5)cc5c(N(C)[C@H]6CCN(C(=O)OC(C)(C)C)C6)nc(OC[C@H](C)OC)nc45)cc3)nn2)cc1. The molecule has 0 bridgehead atoms. The molecule has 3 aliphatic heterocycles. The van der Waals surface area contributed by atoms with Crippen molar-refractivity contribution in [2.45, 2.75) is 168 Å². The Bertz CT molecular complexity index is 4040. The Morgan fingerprint density at radius 1 is 0.926 bits per heavy atom. The van der Waals surface area contributed by atoms with Crippen molar-refractivity contribution in [2.75, 3.05) is 58.5 Å². The summed E-state index contributed by atoms with van der Waals surface area (Å²) < 4.78 is 53.6. The predicted molar refractivity (Wildman–Crippen MR) is 351 cm³/mol. The van der Waals surface area contributed by atoms with Crippen molar-refractivity contribution in [3.63, 3.8) is 0 Å². The highest BCUT2D eigenvalue weighted by molar-refractivity contribution is 6.06. The molecule has 0 spiro atoms. The number of aryl methyl sites for hydroxylation is 1. The number of nitrogens with one attached hydrogen (secondary N) is 1. The fraction of sp³-hybridized carbons (Fsp3) is 0.500. The molecule has 1 saturated carbocycles. The van der Waals surface area contributed by atoms with Crippen LogP contribution in [-0.4, -0.2) is 166 Å². The average Bonchev–Trinajstić information content (AvgIpc) is 1.45. The third-order valence-electron chi connectivity index (χ3n) is 18.6. The van der Waals surface area contributed by atoms with E-state index in [0.29, 0.717) is 87.6 Å². The number of likely N-dealkylation sites (N-methyl/N-ethyl adjacent to an activating group) is 1. The van der Waals surface area contributed by atoms with Gasteiger partial charge in [0.2, 0.25) is 11.8 Å². The van der Waals surface area contributed by atoms with Crippen LogP contribution in [0.1, 0.15) is 140 Å². The minimum atomic E-state index is -1.01. The third kappa shape index (κ3) is 13.6. The normalized spacial score (nSPS) is 19.5. The summed E-state index contributed by atoms with van der Waals surface area (Å²) in [5, 5.41) is 39.8. The molecule has 4 aliphatic rings. The Morgan fingerprint density at radius 2 is 1.69 bits per heavy atom. The number of methoxy groups -OCH3 is 1. The summed E-state index contributed by atoms with van der Waals surface area (Å²) in [5.74, 6) is -0.504. The molecule has 1 unspecified atom stereocenters. The lowest BCUT2D eigenvalue weighted by atomic mass is 9.88. The Balaban J connectivity index is 0.856. The van der Waals surface area contributed by atoms with Gasteiger partial charge in [0.1, 0.15) is 53.7 Å². The average molecular weight is 1290 g/mol. The van der Waals surface area contributed by atoms with Gasteiger partial charge < -0.3 is 58.5 Å². The van der Waals surface area contributed by atoms with Crippen LogP contribution in [0.3, 0.4) is 0 Å². The zero-order valence-electron chi connectivity index (χ0n) is 55.3. The highest BCUT2D eigenvalue weighted by atomic mass is 19.1. The molecule has 7 atom stereocenters. The summed E-state index contributed by atoms with van der Waals surface area (Å²) in [6, 6.07) is 16.2. The van der Waals surface area contributed by atoms with Crippen LogP contribution < -0.4 is 19.7 Å². The molecule has 498 valence electrons. The summed E-state index contributed by atoms with van der Waals surface area (Å²) in [5.41, 5.74) is 7.67. The first-order chi connectivity index (χ1) is 45.2. The number of rotatable bonds is 22. The minimum Gasteiger partial charge on any atom is -0.486 e. The van der Waals surface area contributed by atoms with Gasteiger partial charge in [-0.05, 0) is 126 Å². The van der Waals surface area contributed by atoms with E-state index in [0.717, 1.165) is 66.4 Å². The molecule has 23 nitrogen and oxygen atoms in total. The van der Waals surface area contributed by atoms with Crippen LogP contribution in [0.25, 0.3) is 55.4 Å². The number of anilines is 1. The molecule has 3 N–H and O–H groups in total. The maximum atomic E-state index is 17.0. The number of hydrogen-bond acceptors (Lipinski definition) is 17. The van der Waals surface area contributed by atoms with Crippen molar-refractivity contribution in [2.24, 2.45) is 5.92 Å². The van der Waals surface area contributed by atoms with Crippen molar-refractivity contribution < 1.29 is 52.7 Å². The summed E-state index contributed by atoms with van der Waals surface area (Å²) in [6.45, 7) is 17.0. The highest BCUT2D eigenvalue weighted by Gasteiger charge is 2.44. The van der Waals surface area contributed by atoms with Crippen LogP contribution in [0.4, 0.5) is 15.0 Å². The number of aliphatic hydroxyl groups excluding tert-OH is 2. The standard InChI is InChI=1S/C70H86FN13O10/c1-11-80-39-72-32-58(80)47-23-21-46(22-24-47)55(36-85)74-66(87)57-28-49(86)34-82(57)67(88)63(40(2)3)83-35-54(77-78-83)45-17-15-43(16-18-45)38-92-64-61(60-42(5)53(71)30-56-52(60)31-73-84(56)59-14-12-13-27-91-59)50(44-19-20-44)29-51-62(64)75-68(93-37-41(4)90-10)76-65(51)79(9)48-25-26-81(33-48)69(89)94-70(6,7)8/h15-18,21-24,29-32,35,39-41,44,48-49,55,57,59,63,85-86H,11-14,19-20,25-28,33-34,36-38H2,1-10H3,(H,74,87)/t41-,48-,49+,55-,57-,59?,63-/m0/s1. The summed E-state index contributed by atoms with van der Waals surface area (Å²) >= 11 is 0. The zero-order valence-corrected chi connectivity index (χ0v) is 55.3. The van der Waals surface area contributed by atoms with Crippen molar-refractivity contribution in [3.8, 4) is 45.4 Å². The molecular formula is C70H86FN13O10. The minimum absolute atomic E-state index is 0.0205. The maximum Gasteiger partial charge on any atom is 0.410 e. The Hall–Kier alpha value is -8.58. The van der Waals surface area contributed by atoms with E-state index in [-0.39, 0.29) is 75.1 Å². The number of halogens is 1. The molecule has 0 radical (unpaired) electrons. The van der Waals surface area contributed by atoms with E-state index < -0.39 is 47.5 Å². The molecule has 4 aromatic heterocycles. The van der Waals surface area contributed by atoms with Crippen LogP contribution in [0.2, 0.25) is 0 Å². The van der Waals surface area contributed by atoms with Gasteiger partial charge in [0.05, 0.1) is 61.0 Å². The van der Waals surface area contributed by atoms with E-state index >= 15 is 4.39 Å². The van der Waals surface area contributed by atoms with Crippen molar-refractivity contribution in [3.05, 3.63) is 114 Å². The number of likely N-dealkylation sites (tertiary alicyclic amines) is 2. The van der Waals surface area contributed by atoms with Crippen molar-refractivity contribution in [1.82, 2.24) is 59.4 Å². The number of hydrogen-bond donors (Lipinski definition) is 3. The number of amides is 3. The fourth-order valence-electron chi connectivity index (χ4n) is 13.2. The van der Waals surface area contributed by atoms with Gasteiger partial charge in [0, 0.05) is 92.9 Å². The first-order valence-corrected chi connectivity index (χ1v) is 32.9. The van der Waals surface area contributed by atoms with Crippen LogP contribution in [0.15, 0.2) is 85.6 Å². The molecule has 24 heteroatoms. The summed E-state index contributed by atoms with van der Waals surface area (Å²) in [6.07, 6.45) is 10.2. The second kappa shape index (κ2) is 27.4. The van der Waals surface area contributed by atoms with Gasteiger partial charge >= 0.3 is 12.1 Å². The number of fused-ring (bicyclic) bond motifs is 2. The van der Waals surface area contributed by atoms with Crippen molar-refractivity contribution in [1.29, 1.82) is 0 Å². The van der Waals surface area contributed by atoms with Gasteiger partial charge in [-0.2, -0.15) is 15.1 Å². The molecule has 7 heterocycles. The third-order valence-corrected chi connectivity index (χ3v) is 18.6. The molecule has 12 rings (SSSR count). The van der Waals surface area contributed by atoms with Crippen LogP contribution in [0, 0.1) is 18.7 Å². The predicted octanol–water partition coefficient (Wildman–Crippen LogP) is 10.3. The molecule has 3 amide bonds. The van der Waals surface area contributed by atoms with Crippen molar-refractivity contribution >= 4 is 45.5 Å². The summed E-state index contributed by atoms with van der Waals surface area (Å²) in [7, 11) is 3.58. The fourth-order valence-corrected chi connectivity index (χ4v) is 13.2. The molecule has 1 aliphatic carbocycles. The van der Waals surface area contributed by atoms with Gasteiger partial charge in [0.15, 0.2) is 12.0 Å². The van der Waals surface area contributed by atoms with Gasteiger partial charge in [-0.1, -0.05) is 67.6 Å². The lowest BCUT2D eigenvalue weighted by molar-refractivity contribution is -0.142. The monoisotopic (exact) mass is 1290 g/mol. The topological polar surface area (TPSA) is 252 Å². The molecule has 3 saturated heterocycles. The molecule has 4 aromatic carbocycles. The van der Waals surface area contributed by atoms with E-state index in [4.69, 9.17) is 38.8 Å². The van der Waals surface area contributed by atoms with E-state index in [9.17, 15) is 24.6 Å². The van der Waals surface area contributed by atoms with E-state index in [1.165, 1.54) is 9.58 Å². The zero-order chi connectivity index (χ0) is 66.3. The Morgan fingerprint density at radius 3 is 2.38 bits per heavy atom. The van der Waals surface area contributed by atoms with E-state index in [1.807, 2.05) is 109 Å². The van der Waals surface area contributed by atoms with Gasteiger partial charge in [-0.15, -0.1) is 5.10 Å². The first-order valence-electron chi connectivity index (χ1n) is 32.9.